The predicted molar refractivity (Wildman–Crippen MR) is 81.6 cm³/mol. The van der Waals surface area contributed by atoms with Crippen LogP contribution in [0, 0.1) is 5.92 Å². The van der Waals surface area contributed by atoms with Crippen LogP contribution >= 0.6 is 11.6 Å². The Hall–Kier alpha value is -1.22. The molecule has 0 atom stereocenters. The van der Waals surface area contributed by atoms with E-state index in [0.717, 1.165) is 36.5 Å². The van der Waals surface area contributed by atoms with Gasteiger partial charge in [0.2, 0.25) is 0 Å². The van der Waals surface area contributed by atoms with Crippen molar-refractivity contribution in [2.75, 3.05) is 20.1 Å². The number of likely N-dealkylation sites (tertiary alicyclic amines) is 1. The molecule has 1 heterocycles. The average Bonchev–Trinajstić information content (AvgIpc) is 2.41. The molecule has 0 bridgehead atoms. The third-order valence-electron chi connectivity index (χ3n) is 3.63. The van der Waals surface area contributed by atoms with Crippen LogP contribution in [0.1, 0.15) is 25.3 Å². The smallest absolute Gasteiger partial charge is 0.193 e. The van der Waals surface area contributed by atoms with Crippen LogP contribution in [0.4, 0.5) is 0 Å². The Labute approximate surface area is 120 Å². The van der Waals surface area contributed by atoms with Gasteiger partial charge in [-0.1, -0.05) is 30.7 Å². The average molecular weight is 280 g/mol. The van der Waals surface area contributed by atoms with Crippen molar-refractivity contribution >= 4 is 17.6 Å². The summed E-state index contributed by atoms with van der Waals surface area (Å²) in [6.07, 6.45) is 2.50. The van der Waals surface area contributed by atoms with Crippen LogP contribution < -0.4 is 5.32 Å². The summed E-state index contributed by atoms with van der Waals surface area (Å²) in [6, 6.07) is 7.93. The van der Waals surface area contributed by atoms with Crippen LogP contribution in [0.15, 0.2) is 29.3 Å². The minimum absolute atomic E-state index is 0.763. The third kappa shape index (κ3) is 4.13. The summed E-state index contributed by atoms with van der Waals surface area (Å²) in [6.45, 7) is 5.27. The molecule has 1 N–H and O–H groups in total. The van der Waals surface area contributed by atoms with Crippen molar-refractivity contribution in [2.24, 2.45) is 10.9 Å². The van der Waals surface area contributed by atoms with Crippen LogP contribution in [0.2, 0.25) is 5.02 Å². The van der Waals surface area contributed by atoms with Crippen LogP contribution in [0.3, 0.4) is 0 Å². The lowest BCUT2D eigenvalue weighted by molar-refractivity contribution is 0.273. The Morgan fingerprint density at radius 1 is 1.42 bits per heavy atom. The Kier molecular flexibility index (Phi) is 5.08. The normalized spacial score (nSPS) is 17.6. The Morgan fingerprint density at radius 3 is 2.79 bits per heavy atom. The van der Waals surface area contributed by atoms with Crippen molar-refractivity contribution in [2.45, 2.75) is 26.3 Å². The van der Waals surface area contributed by atoms with Crippen molar-refractivity contribution < 1.29 is 0 Å². The first-order valence-corrected chi connectivity index (χ1v) is 7.27. The first kappa shape index (κ1) is 14.2. The van der Waals surface area contributed by atoms with Gasteiger partial charge in [-0.05, 0) is 36.5 Å². The van der Waals surface area contributed by atoms with Crippen molar-refractivity contribution in [3.05, 3.63) is 34.9 Å². The van der Waals surface area contributed by atoms with Gasteiger partial charge in [0.05, 0.1) is 0 Å². The molecule has 1 aliphatic heterocycles. The van der Waals surface area contributed by atoms with Gasteiger partial charge in [-0.15, -0.1) is 0 Å². The van der Waals surface area contributed by atoms with Crippen molar-refractivity contribution in [3.8, 4) is 0 Å². The summed E-state index contributed by atoms with van der Waals surface area (Å²) in [5, 5.41) is 4.19. The quantitative estimate of drug-likeness (QED) is 0.665. The summed E-state index contributed by atoms with van der Waals surface area (Å²) in [5.41, 5.74) is 1.18. The number of guanidine groups is 1. The van der Waals surface area contributed by atoms with Gasteiger partial charge in [-0.3, -0.25) is 4.99 Å². The van der Waals surface area contributed by atoms with Gasteiger partial charge in [-0.2, -0.15) is 0 Å². The highest BCUT2D eigenvalue weighted by Crippen LogP contribution is 2.16. The number of halogens is 1. The van der Waals surface area contributed by atoms with E-state index in [0.29, 0.717) is 0 Å². The number of benzene rings is 1. The molecule has 19 heavy (non-hydrogen) atoms. The fraction of sp³-hybridized carbons (Fsp3) is 0.533. The highest BCUT2D eigenvalue weighted by molar-refractivity contribution is 6.30. The van der Waals surface area contributed by atoms with E-state index in [1.54, 1.807) is 0 Å². The monoisotopic (exact) mass is 279 g/mol. The molecule has 1 aliphatic rings. The number of nitrogens with zero attached hydrogens (tertiary/aromatic N) is 2. The van der Waals surface area contributed by atoms with Gasteiger partial charge in [0.25, 0.3) is 0 Å². The van der Waals surface area contributed by atoms with Gasteiger partial charge < -0.3 is 10.2 Å². The van der Waals surface area contributed by atoms with E-state index in [4.69, 9.17) is 11.6 Å². The fourth-order valence-electron chi connectivity index (χ4n) is 2.38. The van der Waals surface area contributed by atoms with Crippen molar-refractivity contribution in [1.82, 2.24) is 10.2 Å². The predicted octanol–water partition coefficient (Wildman–Crippen LogP) is 3.15. The second kappa shape index (κ2) is 6.80. The molecular formula is C15H22ClN3. The molecule has 0 amide bonds. The number of hydrogen-bond donors (Lipinski definition) is 1. The molecule has 2 rings (SSSR count). The SMILES string of the molecule is CN=C(NCc1cccc(Cl)c1)N1CCC(C)CC1. The summed E-state index contributed by atoms with van der Waals surface area (Å²) < 4.78 is 0. The van der Waals surface area contributed by atoms with Crippen molar-refractivity contribution in [1.29, 1.82) is 0 Å². The zero-order valence-corrected chi connectivity index (χ0v) is 12.5. The molecule has 1 aromatic rings. The molecular weight excluding hydrogens is 258 g/mol. The maximum Gasteiger partial charge on any atom is 0.193 e. The number of nitrogens with one attached hydrogen (secondary N) is 1. The van der Waals surface area contributed by atoms with E-state index < -0.39 is 0 Å². The van der Waals surface area contributed by atoms with E-state index in [1.165, 1.54) is 18.4 Å². The topological polar surface area (TPSA) is 27.6 Å². The van der Waals surface area contributed by atoms with Crippen LogP contribution in [0.25, 0.3) is 0 Å². The van der Waals surface area contributed by atoms with Crippen LogP contribution in [0.5, 0.6) is 0 Å². The second-order valence-corrected chi connectivity index (χ2v) is 5.64. The molecule has 0 saturated carbocycles. The second-order valence-electron chi connectivity index (χ2n) is 5.20. The Balaban J connectivity index is 1.89. The standard InChI is InChI=1S/C15H22ClN3/c1-12-6-8-19(9-7-12)15(17-2)18-11-13-4-3-5-14(16)10-13/h3-5,10,12H,6-9,11H2,1-2H3,(H,17,18). The molecule has 4 heteroatoms. The van der Waals surface area contributed by atoms with Gasteiger partial charge in [-0.25, -0.2) is 0 Å². The Bertz CT molecular complexity index is 437. The lowest BCUT2D eigenvalue weighted by Crippen LogP contribution is -2.45. The van der Waals surface area contributed by atoms with Gasteiger partial charge in [0.1, 0.15) is 0 Å². The van der Waals surface area contributed by atoms with E-state index in [-0.39, 0.29) is 0 Å². The van der Waals surface area contributed by atoms with Crippen LogP contribution in [-0.2, 0) is 6.54 Å². The van der Waals surface area contributed by atoms with Crippen LogP contribution in [-0.4, -0.2) is 31.0 Å². The largest absolute Gasteiger partial charge is 0.352 e. The lowest BCUT2D eigenvalue weighted by atomic mass is 10.00. The van der Waals surface area contributed by atoms with E-state index in [1.807, 2.05) is 25.2 Å². The molecule has 1 aromatic carbocycles. The van der Waals surface area contributed by atoms with Crippen molar-refractivity contribution in [3.63, 3.8) is 0 Å². The number of piperidine rings is 1. The maximum atomic E-state index is 5.99. The first-order chi connectivity index (χ1) is 9.19. The minimum Gasteiger partial charge on any atom is -0.352 e. The Morgan fingerprint density at radius 2 is 2.16 bits per heavy atom. The van der Waals surface area contributed by atoms with Gasteiger partial charge in [0, 0.05) is 31.7 Å². The van der Waals surface area contributed by atoms with E-state index in [9.17, 15) is 0 Å². The maximum absolute atomic E-state index is 5.99. The third-order valence-corrected chi connectivity index (χ3v) is 3.87. The molecule has 104 valence electrons. The highest BCUT2D eigenvalue weighted by atomic mass is 35.5. The number of aliphatic imine (C=N–C) groups is 1. The summed E-state index contributed by atoms with van der Waals surface area (Å²) >= 11 is 5.99. The van der Waals surface area contributed by atoms with E-state index in [2.05, 4.69) is 28.2 Å². The molecule has 0 aromatic heterocycles. The number of rotatable bonds is 2. The zero-order chi connectivity index (χ0) is 13.7. The molecule has 0 unspecified atom stereocenters. The number of hydrogen-bond acceptors (Lipinski definition) is 1. The molecule has 0 spiro atoms. The van der Waals surface area contributed by atoms with Gasteiger partial charge >= 0.3 is 0 Å². The fourth-order valence-corrected chi connectivity index (χ4v) is 2.59. The summed E-state index contributed by atoms with van der Waals surface area (Å²) in [7, 11) is 1.85. The molecule has 1 saturated heterocycles. The first-order valence-electron chi connectivity index (χ1n) is 6.89. The molecule has 3 nitrogen and oxygen atoms in total. The molecule has 1 fully saturated rings. The van der Waals surface area contributed by atoms with E-state index >= 15 is 0 Å². The lowest BCUT2D eigenvalue weighted by Gasteiger charge is -2.32. The highest BCUT2D eigenvalue weighted by Gasteiger charge is 2.18. The molecule has 0 aliphatic carbocycles. The zero-order valence-electron chi connectivity index (χ0n) is 11.7. The summed E-state index contributed by atoms with van der Waals surface area (Å²) in [4.78, 5) is 6.71. The van der Waals surface area contributed by atoms with Gasteiger partial charge in [0.15, 0.2) is 5.96 Å². The minimum atomic E-state index is 0.763. The molecule has 0 radical (unpaired) electrons. The summed E-state index contributed by atoms with van der Waals surface area (Å²) in [5.74, 6) is 1.83.